The van der Waals surface area contributed by atoms with E-state index in [1.807, 2.05) is 0 Å². The second-order valence-corrected chi connectivity index (χ2v) is 11.6. The average Bonchev–Trinajstić information content (AvgIpc) is 3.50. The van der Waals surface area contributed by atoms with Crippen molar-refractivity contribution in [3.05, 3.63) is 34.5 Å². The average molecular weight is 485 g/mol. The van der Waals surface area contributed by atoms with Crippen LogP contribution in [-0.4, -0.2) is 54.8 Å². The number of piperidine rings is 1. The van der Waals surface area contributed by atoms with Gasteiger partial charge >= 0.3 is 0 Å². The predicted molar refractivity (Wildman–Crippen MR) is 125 cm³/mol. The standard InChI is InChI=1S/C23H25ClN6O2S/c24-14-9-26-21(27-10-14)16-7-15-6-13(16)11-30(15)22-17(8-25)19(29-23(12-31)3-1-4-23)20-18(28-22)2-5-33(20)32/h9-10,13,15-16,31H,1-7,11-12H2,(H,28,29). The highest BCUT2D eigenvalue weighted by Gasteiger charge is 2.48. The van der Waals surface area contributed by atoms with Crippen LogP contribution in [0, 0.1) is 17.2 Å². The Balaban J connectivity index is 1.36. The van der Waals surface area contributed by atoms with Crippen molar-refractivity contribution in [1.82, 2.24) is 15.0 Å². The second-order valence-electron chi connectivity index (χ2n) is 9.69. The Morgan fingerprint density at radius 3 is 2.73 bits per heavy atom. The van der Waals surface area contributed by atoms with Crippen LogP contribution in [0.5, 0.6) is 0 Å². The monoisotopic (exact) mass is 484 g/mol. The van der Waals surface area contributed by atoms with Gasteiger partial charge in [-0.3, -0.25) is 4.21 Å². The fraction of sp³-hybridized carbons (Fsp3) is 0.565. The lowest BCUT2D eigenvalue weighted by Gasteiger charge is -2.42. The molecule has 4 aliphatic rings. The highest BCUT2D eigenvalue weighted by molar-refractivity contribution is 7.85. The molecule has 4 unspecified atom stereocenters. The summed E-state index contributed by atoms with van der Waals surface area (Å²) < 4.78 is 12.8. The smallest absolute Gasteiger partial charge is 0.149 e. The van der Waals surface area contributed by atoms with Crippen LogP contribution >= 0.6 is 11.6 Å². The van der Waals surface area contributed by atoms with Gasteiger partial charge in [0.05, 0.1) is 44.2 Å². The minimum absolute atomic E-state index is 0.00583. The van der Waals surface area contributed by atoms with Gasteiger partial charge in [0.15, 0.2) is 0 Å². The highest BCUT2D eigenvalue weighted by atomic mass is 35.5. The van der Waals surface area contributed by atoms with E-state index < -0.39 is 16.3 Å². The summed E-state index contributed by atoms with van der Waals surface area (Å²) >= 11 is 5.96. The molecule has 2 aromatic heterocycles. The molecule has 2 saturated carbocycles. The first-order chi connectivity index (χ1) is 16.0. The minimum atomic E-state index is -1.18. The molecule has 1 saturated heterocycles. The molecule has 33 heavy (non-hydrogen) atoms. The quantitative estimate of drug-likeness (QED) is 0.665. The maximum Gasteiger partial charge on any atom is 0.149 e. The molecule has 172 valence electrons. The summed E-state index contributed by atoms with van der Waals surface area (Å²) in [5.74, 6) is 2.72. The van der Waals surface area contributed by atoms with Crippen LogP contribution in [0.3, 0.4) is 0 Å². The van der Waals surface area contributed by atoms with E-state index in [1.165, 1.54) is 0 Å². The number of fused-ring (bicyclic) bond motifs is 3. The van der Waals surface area contributed by atoms with E-state index in [0.29, 0.717) is 45.1 Å². The summed E-state index contributed by atoms with van der Waals surface area (Å²) in [6.45, 7) is 0.781. The minimum Gasteiger partial charge on any atom is -0.394 e. The third kappa shape index (κ3) is 3.34. The van der Waals surface area contributed by atoms with Crippen molar-refractivity contribution in [2.45, 2.75) is 60.9 Å². The Bertz CT molecular complexity index is 1170. The number of rotatable bonds is 5. The van der Waals surface area contributed by atoms with E-state index in [4.69, 9.17) is 16.6 Å². The van der Waals surface area contributed by atoms with Gasteiger partial charge < -0.3 is 15.3 Å². The fourth-order valence-corrected chi connectivity index (χ4v) is 7.45. The van der Waals surface area contributed by atoms with Gasteiger partial charge in [-0.25, -0.2) is 15.0 Å². The molecule has 10 heteroatoms. The van der Waals surface area contributed by atoms with Gasteiger partial charge in [0.25, 0.3) is 0 Å². The van der Waals surface area contributed by atoms with Gasteiger partial charge in [-0.2, -0.15) is 5.26 Å². The third-order valence-electron chi connectivity index (χ3n) is 7.86. The van der Waals surface area contributed by atoms with Crippen molar-refractivity contribution in [3.8, 4) is 6.07 Å². The van der Waals surface area contributed by atoms with Crippen molar-refractivity contribution in [2.24, 2.45) is 5.92 Å². The molecule has 2 aliphatic heterocycles. The maximum absolute atomic E-state index is 12.8. The number of anilines is 2. The fourth-order valence-electron chi connectivity index (χ4n) is 5.98. The Morgan fingerprint density at radius 1 is 1.33 bits per heavy atom. The van der Waals surface area contributed by atoms with E-state index in [1.54, 1.807) is 12.4 Å². The molecule has 2 aliphatic carbocycles. The number of nitrogens with zero attached hydrogens (tertiary/aromatic N) is 5. The second kappa shape index (κ2) is 7.90. The molecule has 0 amide bonds. The van der Waals surface area contributed by atoms with Crippen molar-refractivity contribution in [2.75, 3.05) is 29.1 Å². The number of nitrogens with one attached hydrogen (secondary N) is 1. The normalized spacial score (nSPS) is 28.9. The van der Waals surface area contributed by atoms with Gasteiger partial charge in [0, 0.05) is 43.1 Å². The Morgan fingerprint density at radius 2 is 2.12 bits per heavy atom. The molecule has 6 rings (SSSR count). The number of aliphatic hydroxyl groups excluding tert-OH is 1. The van der Waals surface area contributed by atoms with Gasteiger partial charge in [-0.05, 0) is 38.0 Å². The lowest BCUT2D eigenvalue weighted by atomic mass is 9.77. The summed E-state index contributed by atoms with van der Waals surface area (Å²) in [5, 5.41) is 24.3. The molecule has 0 spiro atoms. The molecule has 0 radical (unpaired) electrons. The molecule has 4 heterocycles. The van der Waals surface area contributed by atoms with Crippen LogP contribution < -0.4 is 10.2 Å². The summed E-state index contributed by atoms with van der Waals surface area (Å²) in [7, 11) is -1.18. The molecule has 4 atom stereocenters. The van der Waals surface area contributed by atoms with E-state index in [0.717, 1.165) is 50.2 Å². The lowest BCUT2D eigenvalue weighted by molar-refractivity contribution is 0.144. The maximum atomic E-state index is 12.8. The molecular weight excluding hydrogens is 460 g/mol. The van der Waals surface area contributed by atoms with E-state index >= 15 is 0 Å². The summed E-state index contributed by atoms with van der Waals surface area (Å²) in [4.78, 5) is 16.7. The number of hydrogen-bond acceptors (Lipinski definition) is 8. The highest BCUT2D eigenvalue weighted by Crippen LogP contribution is 2.50. The number of nitriles is 1. The van der Waals surface area contributed by atoms with Gasteiger partial charge in [0.2, 0.25) is 0 Å². The zero-order chi connectivity index (χ0) is 22.7. The number of pyridine rings is 1. The number of aromatic nitrogens is 3. The molecule has 3 fully saturated rings. The molecule has 2 N–H and O–H groups in total. The van der Waals surface area contributed by atoms with E-state index in [9.17, 15) is 14.6 Å². The van der Waals surface area contributed by atoms with Gasteiger partial charge in [-0.1, -0.05) is 11.6 Å². The van der Waals surface area contributed by atoms with E-state index in [-0.39, 0.29) is 18.6 Å². The lowest BCUT2D eigenvalue weighted by Crippen LogP contribution is -2.48. The number of halogens is 1. The third-order valence-corrected chi connectivity index (χ3v) is 9.52. The number of aliphatic hydroxyl groups is 1. The predicted octanol–water partition coefficient (Wildman–Crippen LogP) is 2.77. The molecular formula is C23H25ClN6O2S. The van der Waals surface area contributed by atoms with Crippen LogP contribution in [0.15, 0.2) is 17.3 Å². The zero-order valence-corrected chi connectivity index (χ0v) is 19.7. The molecule has 0 aromatic carbocycles. The SMILES string of the molecule is N#Cc1c(N2CC3CC2CC3c2ncc(Cl)cn2)nc2c(c1NC1(CO)CCC1)S(=O)CC2. The van der Waals surface area contributed by atoms with Crippen LogP contribution in [0.2, 0.25) is 5.02 Å². The first-order valence-corrected chi connectivity index (χ1v) is 13.2. The van der Waals surface area contributed by atoms with Crippen LogP contribution in [-0.2, 0) is 17.2 Å². The number of aryl methyl sites for hydroxylation is 1. The van der Waals surface area contributed by atoms with E-state index in [2.05, 4.69) is 26.3 Å². The first-order valence-electron chi connectivity index (χ1n) is 11.5. The topological polar surface area (TPSA) is 115 Å². The summed E-state index contributed by atoms with van der Waals surface area (Å²) in [6.07, 6.45) is 8.57. The van der Waals surface area contributed by atoms with Crippen molar-refractivity contribution >= 4 is 33.9 Å². The summed E-state index contributed by atoms with van der Waals surface area (Å²) in [5.41, 5.74) is 1.46. The van der Waals surface area contributed by atoms with Crippen LogP contribution in [0.1, 0.15) is 55.1 Å². The van der Waals surface area contributed by atoms with Crippen LogP contribution in [0.4, 0.5) is 11.5 Å². The molecule has 2 bridgehead atoms. The largest absolute Gasteiger partial charge is 0.394 e. The number of hydrogen-bond donors (Lipinski definition) is 2. The van der Waals surface area contributed by atoms with Crippen molar-refractivity contribution < 1.29 is 9.32 Å². The van der Waals surface area contributed by atoms with Crippen LogP contribution in [0.25, 0.3) is 0 Å². The Hall–Kier alpha value is -2.28. The van der Waals surface area contributed by atoms with Crippen molar-refractivity contribution in [1.29, 1.82) is 5.26 Å². The van der Waals surface area contributed by atoms with Gasteiger partial charge in [0.1, 0.15) is 23.3 Å². The summed E-state index contributed by atoms with van der Waals surface area (Å²) in [6, 6.07) is 2.63. The zero-order valence-electron chi connectivity index (χ0n) is 18.1. The Kier molecular flexibility index (Phi) is 5.09. The molecule has 8 nitrogen and oxygen atoms in total. The molecule has 2 aromatic rings. The Labute approximate surface area is 199 Å². The van der Waals surface area contributed by atoms with Crippen molar-refractivity contribution in [3.63, 3.8) is 0 Å². The first kappa shape index (κ1) is 21.3. The van der Waals surface area contributed by atoms with Gasteiger partial charge in [-0.15, -0.1) is 0 Å².